The fourth-order valence-corrected chi connectivity index (χ4v) is 3.61. The Kier molecular flexibility index (Phi) is 4.65. The first kappa shape index (κ1) is 18.3. The van der Waals surface area contributed by atoms with Gasteiger partial charge >= 0.3 is 5.76 Å². The Bertz CT molecular complexity index is 1370. The highest BCUT2D eigenvalue weighted by Crippen LogP contribution is 2.23. The molecule has 0 amide bonds. The second-order valence-electron chi connectivity index (χ2n) is 6.48. The maximum Gasteiger partial charge on any atom is 0.422 e. The molecule has 0 aliphatic heterocycles. The van der Waals surface area contributed by atoms with Gasteiger partial charge in [-0.15, -0.1) is 0 Å². The summed E-state index contributed by atoms with van der Waals surface area (Å²) in [5, 5.41) is 0.835. The predicted molar refractivity (Wildman–Crippen MR) is 109 cm³/mol. The van der Waals surface area contributed by atoms with Crippen molar-refractivity contribution >= 4 is 33.5 Å². The van der Waals surface area contributed by atoms with E-state index in [0.717, 1.165) is 10.1 Å². The fourth-order valence-electron chi connectivity index (χ4n) is 3.44. The van der Waals surface area contributed by atoms with Crippen molar-refractivity contribution in [3.63, 3.8) is 0 Å². The molecule has 0 N–H and O–H groups in total. The van der Waals surface area contributed by atoms with Crippen molar-refractivity contribution in [2.24, 2.45) is 0 Å². The molecule has 28 heavy (non-hydrogen) atoms. The third kappa shape index (κ3) is 2.96. The molecule has 0 radical (unpaired) electrons. The van der Waals surface area contributed by atoms with Crippen molar-refractivity contribution in [3.05, 3.63) is 90.4 Å². The number of fused-ring (bicyclic) bond motifs is 3. The monoisotopic (exact) mass is 396 g/mol. The predicted octanol–water partition coefficient (Wildman–Crippen LogP) is 3.19. The molecule has 2 aromatic carbocycles. The molecule has 0 aliphatic carbocycles. The molecule has 0 saturated carbocycles. The number of pyridine rings is 1. The molecule has 0 aliphatic rings. The Morgan fingerprint density at radius 2 is 1.68 bits per heavy atom. The van der Waals surface area contributed by atoms with Gasteiger partial charge < -0.3 is 8.98 Å². The van der Waals surface area contributed by atoms with Gasteiger partial charge in [0.1, 0.15) is 5.39 Å². The summed E-state index contributed by atoms with van der Waals surface area (Å²) in [5.41, 5.74) is 0.387. The van der Waals surface area contributed by atoms with Crippen molar-refractivity contribution in [2.45, 2.75) is 26.4 Å². The smallest absolute Gasteiger partial charge is 0.408 e. The average molecular weight is 397 g/mol. The van der Waals surface area contributed by atoms with Crippen molar-refractivity contribution in [1.82, 2.24) is 9.13 Å². The molecule has 0 saturated heterocycles. The van der Waals surface area contributed by atoms with E-state index in [9.17, 15) is 14.4 Å². The van der Waals surface area contributed by atoms with Gasteiger partial charge in [0, 0.05) is 23.5 Å². The van der Waals surface area contributed by atoms with Crippen LogP contribution >= 0.6 is 11.6 Å². The van der Waals surface area contributed by atoms with Crippen LogP contribution in [0, 0.1) is 0 Å². The van der Waals surface area contributed by atoms with Gasteiger partial charge in [-0.3, -0.25) is 9.59 Å². The van der Waals surface area contributed by atoms with Crippen LogP contribution in [0.1, 0.15) is 12.5 Å². The molecule has 4 aromatic rings. The molecule has 7 heteroatoms. The van der Waals surface area contributed by atoms with Crippen molar-refractivity contribution in [1.29, 1.82) is 0 Å². The number of benzene rings is 2. The van der Waals surface area contributed by atoms with E-state index < -0.39 is 16.9 Å². The molecule has 4 rings (SSSR count). The lowest BCUT2D eigenvalue weighted by Gasteiger charge is -2.12. The SMILES string of the molecule is CCn1c(=O)c2c(=O)n(CCc3ccccc3)c(=O)oc2c2ccc(Cl)cc21. The zero-order chi connectivity index (χ0) is 19.8. The normalized spacial score (nSPS) is 11.4. The van der Waals surface area contributed by atoms with Gasteiger partial charge in [-0.25, -0.2) is 9.36 Å². The maximum absolute atomic E-state index is 13.0. The lowest BCUT2D eigenvalue weighted by Crippen LogP contribution is -2.37. The number of hydrogen-bond donors (Lipinski definition) is 0. The second-order valence-corrected chi connectivity index (χ2v) is 6.91. The molecular weight excluding hydrogens is 380 g/mol. The summed E-state index contributed by atoms with van der Waals surface area (Å²) in [6.45, 7) is 2.29. The highest BCUT2D eigenvalue weighted by Gasteiger charge is 2.19. The number of rotatable bonds is 4. The Balaban J connectivity index is 1.98. The lowest BCUT2D eigenvalue weighted by molar-refractivity contribution is 0.456. The number of hydrogen-bond acceptors (Lipinski definition) is 4. The minimum absolute atomic E-state index is 0.00678. The topological polar surface area (TPSA) is 74.2 Å². The van der Waals surface area contributed by atoms with Crippen LogP contribution in [0.5, 0.6) is 0 Å². The molecule has 142 valence electrons. The van der Waals surface area contributed by atoms with Crippen LogP contribution in [0.2, 0.25) is 5.02 Å². The Morgan fingerprint density at radius 1 is 0.964 bits per heavy atom. The van der Waals surface area contributed by atoms with Gasteiger partial charge in [-0.2, -0.15) is 0 Å². The minimum atomic E-state index is -0.779. The summed E-state index contributed by atoms with van der Waals surface area (Å²) < 4.78 is 7.90. The van der Waals surface area contributed by atoms with Crippen LogP contribution < -0.4 is 16.9 Å². The number of aromatic nitrogens is 2. The van der Waals surface area contributed by atoms with Gasteiger partial charge in [0.05, 0.1) is 5.52 Å². The maximum atomic E-state index is 13.0. The van der Waals surface area contributed by atoms with Crippen LogP contribution in [-0.2, 0) is 19.5 Å². The molecule has 2 aromatic heterocycles. The summed E-state index contributed by atoms with van der Waals surface area (Å²) in [4.78, 5) is 38.5. The van der Waals surface area contributed by atoms with E-state index in [1.807, 2.05) is 30.3 Å². The zero-order valence-corrected chi connectivity index (χ0v) is 15.9. The first-order chi connectivity index (χ1) is 13.5. The molecule has 0 spiro atoms. The first-order valence-corrected chi connectivity index (χ1v) is 9.32. The van der Waals surface area contributed by atoms with Crippen molar-refractivity contribution < 1.29 is 4.42 Å². The second kappa shape index (κ2) is 7.13. The third-order valence-electron chi connectivity index (χ3n) is 4.83. The highest BCUT2D eigenvalue weighted by molar-refractivity contribution is 6.31. The van der Waals surface area contributed by atoms with Crippen molar-refractivity contribution in [2.75, 3.05) is 0 Å². The summed E-state index contributed by atoms with van der Waals surface area (Å²) in [5.74, 6) is -0.779. The average Bonchev–Trinajstić information content (AvgIpc) is 2.68. The standard InChI is InChI=1S/C21H17ClN2O4/c1-2-23-16-12-14(22)8-9-15(16)18-17(19(23)25)20(26)24(21(27)28-18)11-10-13-6-4-3-5-7-13/h3-9,12H,2,10-11H2,1H3. The quantitative estimate of drug-likeness (QED) is 0.496. The zero-order valence-electron chi connectivity index (χ0n) is 15.1. The summed E-state index contributed by atoms with van der Waals surface area (Å²) in [6.07, 6.45) is 0.474. The molecule has 6 nitrogen and oxygen atoms in total. The number of aryl methyl sites for hydroxylation is 2. The van der Waals surface area contributed by atoms with Gasteiger partial charge in [-0.1, -0.05) is 41.9 Å². The Morgan fingerprint density at radius 3 is 2.39 bits per heavy atom. The van der Waals surface area contributed by atoms with Crippen molar-refractivity contribution in [3.8, 4) is 0 Å². The largest absolute Gasteiger partial charge is 0.422 e. The molecule has 2 heterocycles. The minimum Gasteiger partial charge on any atom is -0.408 e. The van der Waals surface area contributed by atoms with Crippen LogP contribution in [0.25, 0.3) is 21.9 Å². The van der Waals surface area contributed by atoms with Crippen LogP contribution in [0.4, 0.5) is 0 Å². The number of nitrogens with zero attached hydrogens (tertiary/aromatic N) is 2. The molecular formula is C21H17ClN2O4. The molecule has 0 bridgehead atoms. The fraction of sp³-hybridized carbons (Fsp3) is 0.190. The van der Waals surface area contributed by atoms with E-state index in [-0.39, 0.29) is 17.5 Å². The molecule has 0 unspecified atom stereocenters. The van der Waals surface area contributed by atoms with Crippen LogP contribution in [0.3, 0.4) is 0 Å². The van der Waals surface area contributed by atoms with Crippen LogP contribution in [0.15, 0.2) is 67.3 Å². The Labute approximate surface area is 164 Å². The van der Waals surface area contributed by atoms with Gasteiger partial charge in [0.15, 0.2) is 5.58 Å². The third-order valence-corrected chi connectivity index (χ3v) is 5.07. The lowest BCUT2D eigenvalue weighted by atomic mass is 10.1. The van der Waals surface area contributed by atoms with E-state index in [1.165, 1.54) is 4.57 Å². The number of halogens is 1. The highest BCUT2D eigenvalue weighted by atomic mass is 35.5. The van der Waals surface area contributed by atoms with Gasteiger partial charge in [-0.05, 0) is 37.1 Å². The van der Waals surface area contributed by atoms with E-state index in [4.69, 9.17) is 16.0 Å². The van der Waals surface area contributed by atoms with E-state index in [0.29, 0.717) is 28.9 Å². The van der Waals surface area contributed by atoms with E-state index in [1.54, 1.807) is 25.1 Å². The van der Waals surface area contributed by atoms with Gasteiger partial charge in [0.2, 0.25) is 0 Å². The van der Waals surface area contributed by atoms with Gasteiger partial charge in [0.25, 0.3) is 11.1 Å². The summed E-state index contributed by atoms with van der Waals surface area (Å²) in [7, 11) is 0. The molecule has 0 atom stereocenters. The molecule has 0 fully saturated rings. The Hall–Kier alpha value is -3.12. The summed E-state index contributed by atoms with van der Waals surface area (Å²) in [6, 6.07) is 14.4. The van der Waals surface area contributed by atoms with Crippen LogP contribution in [-0.4, -0.2) is 9.13 Å². The van der Waals surface area contributed by atoms with E-state index in [2.05, 4.69) is 0 Å². The first-order valence-electron chi connectivity index (χ1n) is 8.95. The summed E-state index contributed by atoms with van der Waals surface area (Å²) >= 11 is 6.06. The van der Waals surface area contributed by atoms with E-state index >= 15 is 0 Å².